The lowest BCUT2D eigenvalue weighted by Crippen LogP contribution is -2.25. The molecule has 0 aliphatic carbocycles. The number of anilines is 1. The molecule has 0 saturated heterocycles. The molecule has 0 atom stereocenters. The van der Waals surface area contributed by atoms with Crippen LogP contribution in [0.15, 0.2) is 59.7 Å². The molecule has 3 rings (SSSR count). The summed E-state index contributed by atoms with van der Waals surface area (Å²) < 4.78 is 1.47. The minimum absolute atomic E-state index is 0.121. The van der Waals surface area contributed by atoms with E-state index in [1.807, 2.05) is 42.5 Å². The summed E-state index contributed by atoms with van der Waals surface area (Å²) in [5.74, 6) is 0.0176. The number of nitrogens with one attached hydrogen (secondary N) is 2. The number of hydrogen-bond donors (Lipinski definition) is 3. The normalized spacial score (nSPS) is 11.0. The van der Waals surface area contributed by atoms with E-state index in [0.717, 1.165) is 29.2 Å². The molecular formula is C19H15I2N3O2. The molecule has 0 aliphatic rings. The van der Waals surface area contributed by atoms with E-state index >= 15 is 0 Å². The molecule has 0 bridgehead atoms. The molecule has 5 nitrogen and oxygen atoms in total. The molecule has 132 valence electrons. The number of halogens is 2. The average Bonchev–Trinajstić information content (AvgIpc) is 2.64. The van der Waals surface area contributed by atoms with Gasteiger partial charge in [-0.2, -0.15) is 5.10 Å². The molecule has 0 aliphatic heterocycles. The number of carbonyl (C=O) groups excluding carboxylic acids is 1. The first kappa shape index (κ1) is 18.9. The van der Waals surface area contributed by atoms with Gasteiger partial charge >= 0.3 is 0 Å². The molecule has 0 unspecified atom stereocenters. The number of hydrogen-bond acceptors (Lipinski definition) is 4. The van der Waals surface area contributed by atoms with Crippen molar-refractivity contribution < 1.29 is 9.90 Å². The van der Waals surface area contributed by atoms with E-state index < -0.39 is 0 Å². The highest BCUT2D eigenvalue weighted by Crippen LogP contribution is 2.26. The van der Waals surface area contributed by atoms with Gasteiger partial charge in [0, 0.05) is 11.1 Å². The van der Waals surface area contributed by atoms with Crippen LogP contribution in [0, 0.1) is 7.14 Å². The number of carbonyl (C=O) groups is 1. The second-order valence-electron chi connectivity index (χ2n) is 5.51. The predicted molar refractivity (Wildman–Crippen MR) is 122 cm³/mol. The van der Waals surface area contributed by atoms with Gasteiger partial charge in [-0.3, -0.25) is 4.79 Å². The van der Waals surface area contributed by atoms with Crippen LogP contribution in [0.2, 0.25) is 0 Å². The Hall–Kier alpha value is -1.88. The molecule has 0 heterocycles. The summed E-state index contributed by atoms with van der Waals surface area (Å²) in [5.41, 5.74) is 4.22. The van der Waals surface area contributed by atoms with Crippen LogP contribution in [0.4, 0.5) is 5.69 Å². The summed E-state index contributed by atoms with van der Waals surface area (Å²) in [6, 6.07) is 17.5. The van der Waals surface area contributed by atoms with Gasteiger partial charge in [-0.25, -0.2) is 5.43 Å². The maximum atomic E-state index is 12.0. The number of aromatic hydroxyl groups is 1. The number of hydrazone groups is 1. The fourth-order valence-corrected chi connectivity index (χ4v) is 4.25. The van der Waals surface area contributed by atoms with Crippen molar-refractivity contribution in [1.29, 1.82) is 0 Å². The van der Waals surface area contributed by atoms with Crippen LogP contribution in [-0.4, -0.2) is 23.8 Å². The third-order valence-corrected chi connectivity index (χ3v) is 5.32. The van der Waals surface area contributed by atoms with Gasteiger partial charge < -0.3 is 10.4 Å². The van der Waals surface area contributed by atoms with Crippen molar-refractivity contribution >= 4 is 73.8 Å². The Morgan fingerprint density at radius 3 is 2.54 bits per heavy atom. The fourth-order valence-electron chi connectivity index (χ4n) is 2.43. The third kappa shape index (κ3) is 4.64. The van der Waals surface area contributed by atoms with Crippen molar-refractivity contribution in [1.82, 2.24) is 5.43 Å². The van der Waals surface area contributed by atoms with Crippen molar-refractivity contribution in [2.75, 3.05) is 11.9 Å². The van der Waals surface area contributed by atoms with Gasteiger partial charge in [0.25, 0.3) is 5.91 Å². The molecule has 0 aromatic heterocycles. The van der Waals surface area contributed by atoms with Gasteiger partial charge in [0.1, 0.15) is 5.75 Å². The van der Waals surface area contributed by atoms with E-state index in [0.29, 0.717) is 0 Å². The molecule has 3 aromatic carbocycles. The SMILES string of the molecule is O=C(CNc1cccc2ccccc12)NN=Cc1cc(I)c(O)c(I)c1. The van der Waals surface area contributed by atoms with Crippen LogP contribution in [-0.2, 0) is 4.79 Å². The highest BCUT2D eigenvalue weighted by atomic mass is 127. The second-order valence-corrected chi connectivity index (χ2v) is 7.83. The van der Waals surface area contributed by atoms with Gasteiger partial charge in [0.2, 0.25) is 0 Å². The first-order valence-electron chi connectivity index (χ1n) is 7.76. The van der Waals surface area contributed by atoms with Gasteiger partial charge in [-0.15, -0.1) is 0 Å². The zero-order valence-electron chi connectivity index (χ0n) is 13.5. The Morgan fingerprint density at radius 1 is 1.08 bits per heavy atom. The standard InChI is InChI=1S/C19H15I2N3O2/c20-15-8-12(9-16(21)19(15)26)10-23-24-18(25)11-22-17-7-3-5-13-4-1-2-6-14(13)17/h1-10,22,26H,11H2,(H,24,25). The Balaban J connectivity index is 1.59. The molecule has 7 heteroatoms. The molecule has 0 spiro atoms. The predicted octanol–water partition coefficient (Wildman–Crippen LogP) is 4.32. The molecule has 3 N–H and O–H groups in total. The maximum Gasteiger partial charge on any atom is 0.259 e. The van der Waals surface area contributed by atoms with Crippen molar-refractivity contribution in [3.05, 3.63) is 67.3 Å². The topological polar surface area (TPSA) is 73.7 Å². The van der Waals surface area contributed by atoms with E-state index in [2.05, 4.69) is 61.0 Å². The number of amides is 1. The van der Waals surface area contributed by atoms with Gasteiger partial charge in [0.05, 0.1) is 19.9 Å². The van der Waals surface area contributed by atoms with Gasteiger partial charge in [-0.05, 0) is 74.3 Å². The minimum atomic E-state index is -0.239. The number of benzene rings is 3. The molecule has 3 aromatic rings. The third-order valence-electron chi connectivity index (χ3n) is 3.67. The highest BCUT2D eigenvalue weighted by Gasteiger charge is 2.05. The largest absolute Gasteiger partial charge is 0.506 e. The summed E-state index contributed by atoms with van der Waals surface area (Å²) >= 11 is 4.11. The summed E-state index contributed by atoms with van der Waals surface area (Å²) in [4.78, 5) is 12.0. The Labute approximate surface area is 178 Å². The molecule has 0 saturated carbocycles. The van der Waals surface area contributed by atoms with Crippen molar-refractivity contribution in [2.24, 2.45) is 5.10 Å². The zero-order chi connectivity index (χ0) is 18.5. The van der Waals surface area contributed by atoms with E-state index in [1.165, 1.54) is 0 Å². The van der Waals surface area contributed by atoms with Crippen molar-refractivity contribution in [2.45, 2.75) is 0 Å². The smallest absolute Gasteiger partial charge is 0.259 e. The lowest BCUT2D eigenvalue weighted by atomic mass is 10.1. The number of phenolic OH excluding ortho intramolecular Hbond substituents is 1. The van der Waals surface area contributed by atoms with Crippen LogP contribution in [0.5, 0.6) is 5.75 Å². The minimum Gasteiger partial charge on any atom is -0.506 e. The van der Waals surface area contributed by atoms with Gasteiger partial charge in [0.15, 0.2) is 0 Å². The van der Waals surface area contributed by atoms with Crippen LogP contribution in [0.3, 0.4) is 0 Å². The lowest BCUT2D eigenvalue weighted by Gasteiger charge is -2.08. The Bertz CT molecular complexity index is 961. The van der Waals surface area contributed by atoms with E-state index in [-0.39, 0.29) is 18.2 Å². The average molecular weight is 571 g/mol. The lowest BCUT2D eigenvalue weighted by molar-refractivity contribution is -0.119. The van der Waals surface area contributed by atoms with E-state index in [4.69, 9.17) is 0 Å². The van der Waals surface area contributed by atoms with Gasteiger partial charge in [-0.1, -0.05) is 36.4 Å². The van der Waals surface area contributed by atoms with Crippen LogP contribution in [0.1, 0.15) is 5.56 Å². The summed E-state index contributed by atoms with van der Waals surface area (Å²) in [6.45, 7) is 0.121. The first-order valence-corrected chi connectivity index (χ1v) is 9.92. The molecule has 0 fully saturated rings. The molecule has 26 heavy (non-hydrogen) atoms. The number of nitrogens with zero attached hydrogens (tertiary/aromatic N) is 1. The monoisotopic (exact) mass is 571 g/mol. The number of phenols is 1. The first-order chi connectivity index (χ1) is 12.5. The van der Waals surface area contributed by atoms with Crippen LogP contribution < -0.4 is 10.7 Å². The molecule has 1 amide bonds. The quantitative estimate of drug-likeness (QED) is 0.243. The fraction of sp³-hybridized carbons (Fsp3) is 0.0526. The molecule has 0 radical (unpaired) electrons. The van der Waals surface area contributed by atoms with Crippen LogP contribution >= 0.6 is 45.2 Å². The highest BCUT2D eigenvalue weighted by molar-refractivity contribution is 14.1. The maximum absolute atomic E-state index is 12.0. The zero-order valence-corrected chi connectivity index (χ0v) is 17.9. The second kappa shape index (κ2) is 8.67. The van der Waals surface area contributed by atoms with Crippen molar-refractivity contribution in [3.8, 4) is 5.75 Å². The number of rotatable bonds is 5. The Morgan fingerprint density at radius 2 is 1.77 bits per heavy atom. The summed E-state index contributed by atoms with van der Waals surface area (Å²) in [6.07, 6.45) is 1.56. The van der Waals surface area contributed by atoms with E-state index in [1.54, 1.807) is 18.3 Å². The summed E-state index contributed by atoms with van der Waals surface area (Å²) in [7, 11) is 0. The summed E-state index contributed by atoms with van der Waals surface area (Å²) in [5, 5.41) is 19.1. The molecular weight excluding hydrogens is 556 g/mol. The Kier molecular flexibility index (Phi) is 6.30. The van der Waals surface area contributed by atoms with E-state index in [9.17, 15) is 9.90 Å². The van der Waals surface area contributed by atoms with Crippen molar-refractivity contribution in [3.63, 3.8) is 0 Å². The number of fused-ring (bicyclic) bond motifs is 1. The van der Waals surface area contributed by atoms with Crippen LogP contribution in [0.25, 0.3) is 10.8 Å².